The van der Waals surface area contributed by atoms with Gasteiger partial charge in [0.05, 0.1) is 6.07 Å². The van der Waals surface area contributed by atoms with Crippen LogP contribution in [0.4, 0.5) is 0 Å². The molecular formula is C14H18N2O2. The van der Waals surface area contributed by atoms with Gasteiger partial charge in [-0.25, -0.2) is 0 Å². The molecular weight excluding hydrogens is 228 g/mol. The zero-order chi connectivity index (χ0) is 13.2. The van der Waals surface area contributed by atoms with Gasteiger partial charge in [-0.3, -0.25) is 5.32 Å². The molecule has 0 fully saturated rings. The largest absolute Gasteiger partial charge is 0.454 e. The molecule has 0 aromatic heterocycles. The van der Waals surface area contributed by atoms with Crippen molar-refractivity contribution in [3.8, 4) is 17.6 Å². The van der Waals surface area contributed by atoms with Crippen molar-refractivity contribution in [2.75, 3.05) is 13.3 Å². The van der Waals surface area contributed by atoms with Crippen LogP contribution in [0.1, 0.15) is 25.0 Å². The Bertz CT molecular complexity index is 489. The van der Waals surface area contributed by atoms with Gasteiger partial charge in [-0.2, -0.15) is 5.26 Å². The van der Waals surface area contributed by atoms with Gasteiger partial charge in [0.15, 0.2) is 11.5 Å². The number of fused-ring (bicyclic) bond motifs is 1. The normalized spacial score (nSPS) is 13.4. The zero-order valence-electron chi connectivity index (χ0n) is 11.0. The first kappa shape index (κ1) is 12.7. The maximum atomic E-state index is 8.92. The molecule has 0 bridgehead atoms. The molecule has 1 heterocycles. The molecule has 0 amide bonds. The zero-order valence-corrected chi connectivity index (χ0v) is 11.0. The highest BCUT2D eigenvalue weighted by Gasteiger charge is 2.17. The van der Waals surface area contributed by atoms with Crippen LogP contribution < -0.4 is 14.8 Å². The minimum Gasteiger partial charge on any atom is -0.454 e. The average Bonchev–Trinajstić information content (AvgIpc) is 2.76. The summed E-state index contributed by atoms with van der Waals surface area (Å²) in [5.41, 5.74) is 1.93. The van der Waals surface area contributed by atoms with Crippen LogP contribution in [-0.4, -0.2) is 18.9 Å². The van der Waals surface area contributed by atoms with E-state index in [0.717, 1.165) is 24.5 Å². The lowest BCUT2D eigenvalue weighted by atomic mass is 10.0. The highest BCUT2D eigenvalue weighted by molar-refractivity contribution is 5.48. The molecule has 1 aromatic rings. The molecule has 4 heteroatoms. The Morgan fingerprint density at radius 3 is 2.67 bits per heavy atom. The van der Waals surface area contributed by atoms with Crippen LogP contribution in [0.15, 0.2) is 12.1 Å². The number of hydrogen-bond acceptors (Lipinski definition) is 4. The molecule has 0 atom stereocenters. The van der Waals surface area contributed by atoms with Gasteiger partial charge < -0.3 is 9.47 Å². The molecule has 1 aliphatic rings. The molecule has 96 valence electrons. The number of nitrogens with one attached hydrogen (secondary N) is 1. The van der Waals surface area contributed by atoms with Crippen molar-refractivity contribution in [2.24, 2.45) is 0 Å². The lowest BCUT2D eigenvalue weighted by Crippen LogP contribution is -2.38. The first-order valence-electron chi connectivity index (χ1n) is 6.07. The van der Waals surface area contributed by atoms with E-state index in [9.17, 15) is 0 Å². The van der Waals surface area contributed by atoms with Crippen molar-refractivity contribution in [2.45, 2.75) is 32.7 Å². The molecule has 0 saturated carbocycles. The van der Waals surface area contributed by atoms with E-state index in [-0.39, 0.29) is 0 Å². The standard InChI is InChI=1S/C14H18N2O2/c1-10-6-12-13(18-9-17-12)7-11(10)4-5-16-14(2,3)8-15/h6-7,16H,4-5,9H2,1-3H3. The van der Waals surface area contributed by atoms with Gasteiger partial charge in [0.2, 0.25) is 6.79 Å². The van der Waals surface area contributed by atoms with Crippen LogP contribution in [0.25, 0.3) is 0 Å². The van der Waals surface area contributed by atoms with Crippen molar-refractivity contribution in [1.82, 2.24) is 5.32 Å². The van der Waals surface area contributed by atoms with Crippen LogP contribution in [0.2, 0.25) is 0 Å². The Morgan fingerprint density at radius 2 is 2.00 bits per heavy atom. The van der Waals surface area contributed by atoms with Crippen LogP contribution in [0, 0.1) is 18.3 Å². The van der Waals surface area contributed by atoms with E-state index in [1.165, 1.54) is 11.1 Å². The minimum atomic E-state index is -0.482. The summed E-state index contributed by atoms with van der Waals surface area (Å²) in [7, 11) is 0. The van der Waals surface area contributed by atoms with E-state index in [1.807, 2.05) is 26.0 Å². The molecule has 18 heavy (non-hydrogen) atoms. The second-order valence-electron chi connectivity index (χ2n) is 5.05. The van der Waals surface area contributed by atoms with E-state index in [2.05, 4.69) is 18.3 Å². The molecule has 0 spiro atoms. The topological polar surface area (TPSA) is 54.3 Å². The van der Waals surface area contributed by atoms with Crippen molar-refractivity contribution in [1.29, 1.82) is 5.26 Å². The van der Waals surface area contributed by atoms with Gasteiger partial charge in [0.1, 0.15) is 5.54 Å². The monoisotopic (exact) mass is 246 g/mol. The highest BCUT2D eigenvalue weighted by atomic mass is 16.7. The van der Waals surface area contributed by atoms with E-state index >= 15 is 0 Å². The number of nitrogens with zero attached hydrogens (tertiary/aromatic N) is 1. The summed E-state index contributed by atoms with van der Waals surface area (Å²) < 4.78 is 10.7. The van der Waals surface area contributed by atoms with Crippen LogP contribution in [0.5, 0.6) is 11.5 Å². The Hall–Kier alpha value is -1.73. The van der Waals surface area contributed by atoms with Crippen LogP contribution in [-0.2, 0) is 6.42 Å². The predicted molar refractivity (Wildman–Crippen MR) is 68.7 cm³/mol. The summed E-state index contributed by atoms with van der Waals surface area (Å²) >= 11 is 0. The Morgan fingerprint density at radius 1 is 1.33 bits per heavy atom. The molecule has 0 radical (unpaired) electrons. The predicted octanol–water partition coefficient (Wildman–Crippen LogP) is 2.16. The van der Waals surface area contributed by atoms with E-state index in [0.29, 0.717) is 6.79 Å². The maximum Gasteiger partial charge on any atom is 0.231 e. The summed E-state index contributed by atoms with van der Waals surface area (Å²) in [5, 5.41) is 12.1. The van der Waals surface area contributed by atoms with E-state index in [4.69, 9.17) is 14.7 Å². The first-order chi connectivity index (χ1) is 8.52. The first-order valence-corrected chi connectivity index (χ1v) is 6.07. The third-order valence-electron chi connectivity index (χ3n) is 3.07. The molecule has 1 aliphatic heterocycles. The fourth-order valence-electron chi connectivity index (χ4n) is 1.90. The maximum absolute atomic E-state index is 8.92. The summed E-state index contributed by atoms with van der Waals surface area (Å²) in [6.45, 7) is 6.88. The Labute approximate surface area is 108 Å². The summed E-state index contributed by atoms with van der Waals surface area (Å²) in [4.78, 5) is 0. The molecule has 0 saturated heterocycles. The summed E-state index contributed by atoms with van der Waals surface area (Å²) in [6, 6.07) is 6.26. The highest BCUT2D eigenvalue weighted by Crippen LogP contribution is 2.34. The fourth-order valence-corrected chi connectivity index (χ4v) is 1.90. The molecule has 2 rings (SSSR count). The van der Waals surface area contributed by atoms with Gasteiger partial charge in [0.25, 0.3) is 0 Å². The Kier molecular flexibility index (Phi) is 3.44. The lowest BCUT2D eigenvalue weighted by molar-refractivity contribution is 0.174. The number of aryl methyl sites for hydroxylation is 1. The van der Waals surface area contributed by atoms with Crippen LogP contribution in [0.3, 0.4) is 0 Å². The SMILES string of the molecule is Cc1cc2c(cc1CCNC(C)(C)C#N)OCO2. The van der Waals surface area contributed by atoms with Crippen molar-refractivity contribution < 1.29 is 9.47 Å². The third kappa shape index (κ3) is 2.74. The van der Waals surface area contributed by atoms with Gasteiger partial charge in [-0.1, -0.05) is 0 Å². The number of nitriles is 1. The molecule has 1 N–H and O–H groups in total. The van der Waals surface area contributed by atoms with E-state index in [1.54, 1.807) is 0 Å². The van der Waals surface area contributed by atoms with E-state index < -0.39 is 5.54 Å². The second-order valence-corrected chi connectivity index (χ2v) is 5.05. The number of benzene rings is 1. The summed E-state index contributed by atoms with van der Waals surface area (Å²) in [6.07, 6.45) is 0.869. The van der Waals surface area contributed by atoms with Crippen LogP contribution >= 0.6 is 0 Å². The van der Waals surface area contributed by atoms with Gasteiger partial charge in [0, 0.05) is 6.54 Å². The third-order valence-corrected chi connectivity index (χ3v) is 3.07. The van der Waals surface area contributed by atoms with Crippen molar-refractivity contribution in [3.63, 3.8) is 0 Å². The summed E-state index contributed by atoms with van der Waals surface area (Å²) in [5.74, 6) is 1.64. The van der Waals surface area contributed by atoms with Gasteiger partial charge >= 0.3 is 0 Å². The van der Waals surface area contributed by atoms with Crippen molar-refractivity contribution >= 4 is 0 Å². The smallest absolute Gasteiger partial charge is 0.231 e. The molecule has 0 unspecified atom stereocenters. The lowest BCUT2D eigenvalue weighted by Gasteiger charge is -2.17. The minimum absolute atomic E-state index is 0.304. The van der Waals surface area contributed by atoms with Crippen molar-refractivity contribution in [3.05, 3.63) is 23.3 Å². The molecule has 4 nitrogen and oxygen atoms in total. The number of hydrogen-bond donors (Lipinski definition) is 1. The second kappa shape index (κ2) is 4.87. The number of rotatable bonds is 4. The fraction of sp³-hybridized carbons (Fsp3) is 0.500. The quantitative estimate of drug-likeness (QED) is 0.884. The Balaban J connectivity index is 2.00. The average molecular weight is 246 g/mol. The number of ether oxygens (including phenoxy) is 2. The molecule has 1 aromatic carbocycles. The van der Waals surface area contributed by atoms with Gasteiger partial charge in [-0.05, 0) is 50.5 Å². The van der Waals surface area contributed by atoms with Gasteiger partial charge in [-0.15, -0.1) is 0 Å². The molecule has 0 aliphatic carbocycles.